The number of hydrogen-bond acceptors (Lipinski definition) is 2. The molecule has 2 aromatic carbocycles. The Labute approximate surface area is 135 Å². The molecule has 3 rings (SSSR count). The van der Waals surface area contributed by atoms with Gasteiger partial charge in [0.1, 0.15) is 11.5 Å². The van der Waals surface area contributed by atoms with Crippen molar-refractivity contribution in [1.29, 1.82) is 0 Å². The predicted octanol–water partition coefficient (Wildman–Crippen LogP) is 5.26. The minimum atomic E-state index is 0.685. The van der Waals surface area contributed by atoms with E-state index in [1.54, 1.807) is 0 Å². The van der Waals surface area contributed by atoms with Gasteiger partial charge in [0.25, 0.3) is 0 Å². The molecule has 1 aliphatic rings. The van der Waals surface area contributed by atoms with Crippen LogP contribution >= 0.6 is 31.9 Å². The van der Waals surface area contributed by atoms with Crippen LogP contribution in [0.15, 0.2) is 51.4 Å². The SMILES string of the molecule is Brc1ccc(Oc2ccccc2Br)c(CNC2CC2)c1. The fourth-order valence-electron chi connectivity index (χ4n) is 1.97. The highest BCUT2D eigenvalue weighted by molar-refractivity contribution is 9.10. The summed E-state index contributed by atoms with van der Waals surface area (Å²) in [6.45, 7) is 0.837. The first kappa shape index (κ1) is 14.1. The third-order valence-corrected chi connectivity index (χ3v) is 4.39. The number of halogens is 2. The number of para-hydroxylation sites is 1. The fourth-order valence-corrected chi connectivity index (χ4v) is 2.75. The van der Waals surface area contributed by atoms with E-state index in [9.17, 15) is 0 Å². The molecule has 1 fully saturated rings. The van der Waals surface area contributed by atoms with Crippen LogP contribution in [0.25, 0.3) is 0 Å². The molecule has 20 heavy (non-hydrogen) atoms. The van der Waals surface area contributed by atoms with E-state index in [0.29, 0.717) is 6.04 Å². The van der Waals surface area contributed by atoms with Crippen molar-refractivity contribution in [3.8, 4) is 11.5 Å². The standard InChI is InChI=1S/C16H15Br2NO/c17-12-5-8-15(11(9-12)10-19-13-6-7-13)20-16-4-2-1-3-14(16)18/h1-5,8-9,13,19H,6-7,10H2. The lowest BCUT2D eigenvalue weighted by Gasteiger charge is -2.13. The van der Waals surface area contributed by atoms with E-state index in [-0.39, 0.29) is 0 Å². The molecule has 1 aliphatic carbocycles. The first-order valence-corrected chi connectivity index (χ1v) is 8.25. The molecule has 2 aromatic rings. The third-order valence-electron chi connectivity index (χ3n) is 3.24. The van der Waals surface area contributed by atoms with E-state index in [1.165, 1.54) is 18.4 Å². The van der Waals surface area contributed by atoms with E-state index >= 15 is 0 Å². The van der Waals surface area contributed by atoms with Gasteiger partial charge in [-0.3, -0.25) is 0 Å². The van der Waals surface area contributed by atoms with Gasteiger partial charge in [-0.05, 0) is 59.1 Å². The number of rotatable bonds is 5. The van der Waals surface area contributed by atoms with Crippen LogP contribution in [0.2, 0.25) is 0 Å². The van der Waals surface area contributed by atoms with E-state index in [1.807, 2.05) is 36.4 Å². The Morgan fingerprint density at radius 1 is 1.05 bits per heavy atom. The fraction of sp³-hybridized carbons (Fsp3) is 0.250. The lowest BCUT2D eigenvalue weighted by atomic mass is 10.2. The molecule has 0 amide bonds. The Kier molecular flexibility index (Phi) is 4.44. The quantitative estimate of drug-likeness (QED) is 0.744. The molecule has 0 atom stereocenters. The summed E-state index contributed by atoms with van der Waals surface area (Å²) in [5, 5.41) is 3.53. The van der Waals surface area contributed by atoms with Crippen molar-refractivity contribution in [1.82, 2.24) is 5.32 Å². The molecule has 4 heteroatoms. The molecule has 2 nitrogen and oxygen atoms in total. The molecule has 1 saturated carbocycles. The number of hydrogen-bond donors (Lipinski definition) is 1. The van der Waals surface area contributed by atoms with Gasteiger partial charge in [-0.25, -0.2) is 0 Å². The van der Waals surface area contributed by atoms with Crippen LogP contribution in [0, 0.1) is 0 Å². The van der Waals surface area contributed by atoms with Crippen LogP contribution in [0.4, 0.5) is 0 Å². The summed E-state index contributed by atoms with van der Waals surface area (Å²) in [6.07, 6.45) is 2.57. The largest absolute Gasteiger partial charge is 0.456 e. The van der Waals surface area contributed by atoms with Gasteiger partial charge in [0, 0.05) is 22.6 Å². The van der Waals surface area contributed by atoms with Crippen molar-refractivity contribution in [2.24, 2.45) is 0 Å². The van der Waals surface area contributed by atoms with Crippen molar-refractivity contribution in [2.75, 3.05) is 0 Å². The molecule has 104 valence electrons. The summed E-state index contributed by atoms with van der Waals surface area (Å²) in [5.74, 6) is 1.73. The second-order valence-corrected chi connectivity index (χ2v) is 6.71. The van der Waals surface area contributed by atoms with Crippen LogP contribution in [-0.2, 0) is 6.54 Å². The van der Waals surface area contributed by atoms with E-state index < -0.39 is 0 Å². The van der Waals surface area contributed by atoms with Crippen LogP contribution < -0.4 is 10.1 Å². The number of nitrogens with one attached hydrogen (secondary N) is 1. The summed E-state index contributed by atoms with van der Waals surface area (Å²) in [6, 6.07) is 14.7. The van der Waals surface area contributed by atoms with Crippen molar-refractivity contribution in [2.45, 2.75) is 25.4 Å². The van der Waals surface area contributed by atoms with Gasteiger partial charge >= 0.3 is 0 Å². The first-order chi connectivity index (χ1) is 9.72. The van der Waals surface area contributed by atoms with Crippen molar-refractivity contribution in [3.05, 3.63) is 57.0 Å². The maximum absolute atomic E-state index is 6.04. The first-order valence-electron chi connectivity index (χ1n) is 6.66. The molecule has 0 unspecified atom stereocenters. The lowest BCUT2D eigenvalue weighted by molar-refractivity contribution is 0.469. The Bertz CT molecular complexity index is 611. The molecule has 0 heterocycles. The van der Waals surface area contributed by atoms with Crippen molar-refractivity contribution in [3.63, 3.8) is 0 Å². The average Bonchev–Trinajstić information content (AvgIpc) is 3.25. The van der Waals surface area contributed by atoms with E-state index in [0.717, 1.165) is 27.0 Å². The number of ether oxygens (including phenoxy) is 1. The average molecular weight is 397 g/mol. The lowest BCUT2D eigenvalue weighted by Crippen LogP contribution is -2.15. The molecular formula is C16H15Br2NO. The Balaban J connectivity index is 1.82. The third kappa shape index (κ3) is 3.62. The molecule has 0 spiro atoms. The minimum Gasteiger partial charge on any atom is -0.456 e. The molecule has 0 bridgehead atoms. The zero-order valence-corrected chi connectivity index (χ0v) is 14.1. The van der Waals surface area contributed by atoms with Gasteiger partial charge in [0.15, 0.2) is 0 Å². The molecule has 0 aliphatic heterocycles. The van der Waals surface area contributed by atoms with E-state index in [4.69, 9.17) is 4.74 Å². The summed E-state index contributed by atoms with van der Waals surface area (Å²) in [5.41, 5.74) is 1.17. The van der Waals surface area contributed by atoms with Crippen LogP contribution in [-0.4, -0.2) is 6.04 Å². The second-order valence-electron chi connectivity index (χ2n) is 4.94. The van der Waals surface area contributed by atoms with Gasteiger partial charge in [-0.15, -0.1) is 0 Å². The molecule has 0 aromatic heterocycles. The summed E-state index contributed by atoms with van der Waals surface area (Å²) in [7, 11) is 0. The smallest absolute Gasteiger partial charge is 0.141 e. The minimum absolute atomic E-state index is 0.685. The van der Waals surface area contributed by atoms with Gasteiger partial charge < -0.3 is 10.1 Å². The van der Waals surface area contributed by atoms with Gasteiger partial charge in [-0.1, -0.05) is 28.1 Å². The summed E-state index contributed by atoms with van der Waals surface area (Å²) < 4.78 is 8.08. The second kappa shape index (κ2) is 6.29. The van der Waals surface area contributed by atoms with Gasteiger partial charge in [0.05, 0.1) is 4.47 Å². The highest BCUT2D eigenvalue weighted by Crippen LogP contribution is 2.33. The Morgan fingerprint density at radius 2 is 1.85 bits per heavy atom. The van der Waals surface area contributed by atoms with Crippen LogP contribution in [0.5, 0.6) is 11.5 Å². The highest BCUT2D eigenvalue weighted by Gasteiger charge is 2.20. The van der Waals surface area contributed by atoms with Gasteiger partial charge in [0.2, 0.25) is 0 Å². The Morgan fingerprint density at radius 3 is 2.60 bits per heavy atom. The van der Waals surface area contributed by atoms with Crippen molar-refractivity contribution < 1.29 is 4.74 Å². The Hall–Kier alpha value is -0.840. The zero-order valence-electron chi connectivity index (χ0n) is 10.9. The van der Waals surface area contributed by atoms with Crippen molar-refractivity contribution >= 4 is 31.9 Å². The maximum atomic E-state index is 6.04. The summed E-state index contributed by atoms with van der Waals surface area (Å²) in [4.78, 5) is 0. The monoisotopic (exact) mass is 395 g/mol. The predicted molar refractivity (Wildman–Crippen MR) is 88.2 cm³/mol. The molecule has 0 saturated heterocycles. The van der Waals surface area contributed by atoms with Crippen LogP contribution in [0.3, 0.4) is 0 Å². The zero-order chi connectivity index (χ0) is 13.9. The maximum Gasteiger partial charge on any atom is 0.141 e. The topological polar surface area (TPSA) is 21.3 Å². The highest BCUT2D eigenvalue weighted by atomic mass is 79.9. The van der Waals surface area contributed by atoms with Gasteiger partial charge in [-0.2, -0.15) is 0 Å². The molecule has 1 N–H and O–H groups in total. The molecule has 0 radical (unpaired) electrons. The van der Waals surface area contributed by atoms with E-state index in [2.05, 4.69) is 43.2 Å². The normalized spacial score (nSPS) is 14.3. The summed E-state index contributed by atoms with van der Waals surface area (Å²) >= 11 is 7.04. The van der Waals surface area contributed by atoms with Crippen LogP contribution in [0.1, 0.15) is 18.4 Å². The molecular weight excluding hydrogens is 382 g/mol. The number of benzene rings is 2.